The third-order valence-corrected chi connectivity index (χ3v) is 4.50. The maximum Gasteiger partial charge on any atom is 0.264 e. The summed E-state index contributed by atoms with van der Waals surface area (Å²) in [6.07, 6.45) is 0. The van der Waals surface area contributed by atoms with Crippen LogP contribution in [0, 0.1) is 18.3 Å². The van der Waals surface area contributed by atoms with Crippen LogP contribution < -0.4 is 4.72 Å². The second-order valence-electron chi connectivity index (χ2n) is 4.46. The highest BCUT2D eigenvalue weighted by Crippen LogP contribution is 2.29. The lowest BCUT2D eigenvalue weighted by Crippen LogP contribution is -2.13. The number of nitrogens with zero attached hydrogens (tertiary/aromatic N) is 1. The Labute approximate surface area is 132 Å². The Morgan fingerprint density at radius 3 is 2.41 bits per heavy atom. The largest absolute Gasteiger partial charge is 0.443 e. The van der Waals surface area contributed by atoms with Gasteiger partial charge in [0.2, 0.25) is 5.88 Å². The average molecular weight is 339 g/mol. The van der Waals surface area contributed by atoms with Gasteiger partial charge in [-0.25, -0.2) is 13.1 Å². The van der Waals surface area contributed by atoms with Crippen molar-refractivity contribution in [3.63, 3.8) is 0 Å². The molecular weight excluding hydrogens is 328 g/mol. The Morgan fingerprint density at radius 2 is 1.91 bits per heavy atom. The summed E-state index contributed by atoms with van der Waals surface area (Å²) >= 11 is 5.71. The molecule has 1 N–H and O–H groups in total. The van der Waals surface area contributed by atoms with Crippen LogP contribution in [0.15, 0.2) is 33.6 Å². The van der Waals surface area contributed by atoms with Crippen LogP contribution >= 0.6 is 11.6 Å². The molecule has 2 rings (SSSR count). The second-order valence-corrected chi connectivity index (χ2v) is 6.58. The molecule has 0 aliphatic heterocycles. The number of sulfonamides is 1. The standard InChI is InChI=1S/C14H11ClN2O4S/c1-8(18)13-9(2)21-14(12(13)7-16)17-22(19,20)11-5-3-10(15)4-6-11/h3-6,17H,1-2H3. The molecular formula is C14H11ClN2O4S. The highest BCUT2D eigenvalue weighted by Gasteiger charge is 2.25. The van der Waals surface area contributed by atoms with E-state index >= 15 is 0 Å². The van der Waals surface area contributed by atoms with E-state index in [1.54, 1.807) is 6.07 Å². The van der Waals surface area contributed by atoms with E-state index in [-0.39, 0.29) is 33.5 Å². The second kappa shape index (κ2) is 5.83. The number of hydrogen-bond donors (Lipinski definition) is 1. The van der Waals surface area contributed by atoms with Crippen LogP contribution in [0.3, 0.4) is 0 Å². The number of carbonyl (C=O) groups excluding carboxylic acids is 1. The van der Waals surface area contributed by atoms with Gasteiger partial charge in [0, 0.05) is 5.02 Å². The first kappa shape index (κ1) is 16.1. The molecule has 0 aliphatic carbocycles. The lowest BCUT2D eigenvalue weighted by atomic mass is 10.1. The van der Waals surface area contributed by atoms with Crippen molar-refractivity contribution in [2.24, 2.45) is 0 Å². The van der Waals surface area contributed by atoms with Gasteiger partial charge in [0.15, 0.2) is 5.78 Å². The predicted molar refractivity (Wildman–Crippen MR) is 80.4 cm³/mol. The summed E-state index contributed by atoms with van der Waals surface area (Å²) in [6.45, 7) is 2.76. The molecule has 0 saturated heterocycles. The first-order valence-electron chi connectivity index (χ1n) is 6.09. The summed E-state index contributed by atoms with van der Waals surface area (Å²) in [5.41, 5.74) is -0.0705. The van der Waals surface area contributed by atoms with Crippen LogP contribution in [0.5, 0.6) is 0 Å². The third-order valence-electron chi connectivity index (χ3n) is 2.90. The Morgan fingerprint density at radius 1 is 1.32 bits per heavy atom. The van der Waals surface area contributed by atoms with E-state index in [0.717, 1.165) is 0 Å². The molecule has 0 bridgehead atoms. The number of carbonyl (C=O) groups is 1. The Kier molecular flexibility index (Phi) is 4.26. The van der Waals surface area contributed by atoms with Crippen molar-refractivity contribution in [2.45, 2.75) is 18.7 Å². The number of aryl methyl sites for hydroxylation is 1. The molecule has 8 heteroatoms. The molecule has 2 aromatic rings. The van der Waals surface area contributed by atoms with Gasteiger partial charge in [-0.3, -0.25) is 4.79 Å². The van der Waals surface area contributed by atoms with Crippen molar-refractivity contribution in [3.8, 4) is 6.07 Å². The summed E-state index contributed by atoms with van der Waals surface area (Å²) in [7, 11) is -3.96. The minimum Gasteiger partial charge on any atom is -0.443 e. The van der Waals surface area contributed by atoms with Gasteiger partial charge in [-0.1, -0.05) is 11.6 Å². The molecule has 114 valence electrons. The molecule has 0 saturated carbocycles. The van der Waals surface area contributed by atoms with Gasteiger partial charge in [0.25, 0.3) is 10.0 Å². The molecule has 1 aromatic heterocycles. The molecule has 0 radical (unpaired) electrons. The zero-order valence-corrected chi connectivity index (χ0v) is 13.2. The zero-order chi connectivity index (χ0) is 16.5. The maximum atomic E-state index is 12.3. The van der Waals surface area contributed by atoms with Gasteiger partial charge in [-0.2, -0.15) is 5.26 Å². The topological polar surface area (TPSA) is 100 Å². The molecule has 6 nitrogen and oxygen atoms in total. The zero-order valence-electron chi connectivity index (χ0n) is 11.7. The molecule has 1 aromatic carbocycles. The van der Waals surface area contributed by atoms with Gasteiger partial charge < -0.3 is 4.42 Å². The Balaban J connectivity index is 2.47. The molecule has 0 amide bonds. The first-order valence-corrected chi connectivity index (χ1v) is 7.95. The minimum atomic E-state index is -3.96. The number of halogens is 1. The van der Waals surface area contributed by atoms with Crippen LogP contribution in [0.4, 0.5) is 5.88 Å². The molecule has 22 heavy (non-hydrogen) atoms. The van der Waals surface area contributed by atoms with E-state index in [4.69, 9.17) is 21.3 Å². The number of ketones is 1. The van der Waals surface area contributed by atoms with Gasteiger partial charge in [0.1, 0.15) is 17.4 Å². The maximum absolute atomic E-state index is 12.3. The number of Topliss-reactive ketones (excluding diaryl/α,β-unsaturated/α-hetero) is 1. The summed E-state index contributed by atoms with van der Waals surface area (Å²) < 4.78 is 31.9. The lowest BCUT2D eigenvalue weighted by molar-refractivity contribution is 0.101. The van der Waals surface area contributed by atoms with Gasteiger partial charge >= 0.3 is 0 Å². The lowest BCUT2D eigenvalue weighted by Gasteiger charge is -2.05. The minimum absolute atomic E-state index is 0.0424. The van der Waals surface area contributed by atoms with Crippen LogP contribution in [-0.2, 0) is 10.0 Å². The third kappa shape index (κ3) is 2.98. The van der Waals surface area contributed by atoms with E-state index < -0.39 is 10.0 Å². The fourth-order valence-corrected chi connectivity index (χ4v) is 3.07. The Hall–Kier alpha value is -2.30. The number of nitrogens with one attached hydrogen (secondary N) is 1. The average Bonchev–Trinajstić information content (AvgIpc) is 2.74. The van der Waals surface area contributed by atoms with Gasteiger partial charge in [0.05, 0.1) is 10.5 Å². The molecule has 1 heterocycles. The molecule has 0 spiro atoms. The molecule has 0 unspecified atom stereocenters. The van der Waals surface area contributed by atoms with Crippen molar-refractivity contribution >= 4 is 33.3 Å². The highest BCUT2D eigenvalue weighted by atomic mass is 35.5. The van der Waals surface area contributed by atoms with Crippen molar-refractivity contribution in [3.05, 3.63) is 46.2 Å². The van der Waals surface area contributed by atoms with Crippen LogP contribution in [0.1, 0.15) is 28.6 Å². The van der Waals surface area contributed by atoms with E-state index in [0.29, 0.717) is 5.02 Å². The summed E-state index contributed by atoms with van der Waals surface area (Å²) in [5, 5.41) is 9.54. The smallest absolute Gasteiger partial charge is 0.264 e. The van der Waals surface area contributed by atoms with Crippen molar-refractivity contribution in [1.82, 2.24) is 0 Å². The Bertz CT molecular complexity index is 877. The summed E-state index contributed by atoms with van der Waals surface area (Å²) in [4.78, 5) is 11.5. The van der Waals surface area contributed by atoms with Crippen LogP contribution in [0.2, 0.25) is 5.02 Å². The SMILES string of the molecule is CC(=O)c1c(C)oc(NS(=O)(=O)c2ccc(Cl)cc2)c1C#N. The van der Waals surface area contributed by atoms with E-state index in [1.807, 2.05) is 0 Å². The summed E-state index contributed by atoms with van der Waals surface area (Å²) in [5.74, 6) is -0.479. The fourth-order valence-electron chi connectivity index (χ4n) is 1.94. The fraction of sp³-hybridized carbons (Fsp3) is 0.143. The first-order chi connectivity index (χ1) is 10.3. The van der Waals surface area contributed by atoms with E-state index in [1.165, 1.54) is 38.1 Å². The number of anilines is 1. The number of rotatable bonds is 4. The normalized spacial score (nSPS) is 11.0. The van der Waals surface area contributed by atoms with Crippen molar-refractivity contribution in [2.75, 3.05) is 4.72 Å². The number of furan rings is 1. The monoisotopic (exact) mass is 338 g/mol. The van der Waals surface area contributed by atoms with E-state index in [9.17, 15) is 13.2 Å². The van der Waals surface area contributed by atoms with Gasteiger partial charge in [-0.15, -0.1) is 0 Å². The molecule has 0 atom stereocenters. The van der Waals surface area contributed by atoms with Crippen LogP contribution in [0.25, 0.3) is 0 Å². The van der Waals surface area contributed by atoms with Gasteiger partial charge in [-0.05, 0) is 38.1 Å². The molecule has 0 fully saturated rings. The summed E-state index contributed by atoms with van der Waals surface area (Å²) in [6, 6.07) is 7.28. The highest BCUT2D eigenvalue weighted by molar-refractivity contribution is 7.92. The van der Waals surface area contributed by atoms with Crippen LogP contribution in [-0.4, -0.2) is 14.2 Å². The number of nitriles is 1. The van der Waals surface area contributed by atoms with Crippen molar-refractivity contribution < 1.29 is 17.6 Å². The number of hydrogen-bond acceptors (Lipinski definition) is 5. The number of benzene rings is 1. The predicted octanol–water partition coefficient (Wildman–Crippen LogP) is 3.12. The molecule has 0 aliphatic rings. The van der Waals surface area contributed by atoms with E-state index in [2.05, 4.69) is 4.72 Å². The van der Waals surface area contributed by atoms with Crippen molar-refractivity contribution in [1.29, 1.82) is 5.26 Å². The quantitative estimate of drug-likeness (QED) is 0.863.